The summed E-state index contributed by atoms with van der Waals surface area (Å²) in [5.74, 6) is -0.267. The van der Waals surface area contributed by atoms with Gasteiger partial charge in [0.05, 0.1) is 23.5 Å². The number of para-hydroxylation sites is 1. The van der Waals surface area contributed by atoms with E-state index in [1.807, 2.05) is 18.2 Å². The predicted molar refractivity (Wildman–Crippen MR) is 116 cm³/mol. The molecule has 0 spiro atoms. The van der Waals surface area contributed by atoms with Gasteiger partial charge in [-0.25, -0.2) is 4.98 Å². The van der Waals surface area contributed by atoms with Crippen LogP contribution in [0.5, 0.6) is 0 Å². The van der Waals surface area contributed by atoms with E-state index in [4.69, 9.17) is 4.42 Å². The Bertz CT molecular complexity index is 1260. The molecule has 0 aliphatic carbocycles. The van der Waals surface area contributed by atoms with E-state index in [0.717, 1.165) is 5.56 Å². The standard InChI is InChI=1S/C23H20N4O4/c28-21(11-12-27-15-25-19-5-2-1-4-18(19)23(27)30)24-14-16-7-9-17(10-8-16)26-22(29)20-6-3-13-31-20/h1-10,13,15H,11-12,14H2,(H,24,28)(H,26,29). The maximum absolute atomic E-state index is 12.5. The molecule has 0 fully saturated rings. The lowest BCUT2D eigenvalue weighted by Crippen LogP contribution is -2.27. The molecule has 8 nitrogen and oxygen atoms in total. The number of nitrogens with one attached hydrogen (secondary N) is 2. The van der Waals surface area contributed by atoms with Crippen molar-refractivity contribution in [1.82, 2.24) is 14.9 Å². The minimum Gasteiger partial charge on any atom is -0.459 e. The number of carbonyl (C=O) groups excluding carboxylic acids is 2. The second kappa shape index (κ2) is 9.08. The second-order valence-corrected chi connectivity index (χ2v) is 6.92. The summed E-state index contributed by atoms with van der Waals surface area (Å²) in [4.78, 5) is 40.9. The number of aryl methyl sites for hydroxylation is 1. The van der Waals surface area contributed by atoms with Crippen LogP contribution in [-0.2, 0) is 17.9 Å². The third-order valence-electron chi connectivity index (χ3n) is 4.76. The number of hydrogen-bond acceptors (Lipinski definition) is 5. The lowest BCUT2D eigenvalue weighted by molar-refractivity contribution is -0.121. The second-order valence-electron chi connectivity index (χ2n) is 6.92. The van der Waals surface area contributed by atoms with E-state index >= 15 is 0 Å². The van der Waals surface area contributed by atoms with Crippen LogP contribution in [-0.4, -0.2) is 21.4 Å². The molecule has 0 bridgehead atoms. The van der Waals surface area contributed by atoms with E-state index in [0.29, 0.717) is 23.1 Å². The van der Waals surface area contributed by atoms with Crippen molar-refractivity contribution < 1.29 is 14.0 Å². The molecule has 0 unspecified atom stereocenters. The number of rotatable bonds is 7. The molecule has 0 radical (unpaired) electrons. The number of aromatic nitrogens is 2. The first-order chi connectivity index (χ1) is 15.1. The fraction of sp³-hybridized carbons (Fsp3) is 0.130. The lowest BCUT2D eigenvalue weighted by Gasteiger charge is -2.09. The van der Waals surface area contributed by atoms with Gasteiger partial charge < -0.3 is 15.1 Å². The molecule has 0 atom stereocenters. The van der Waals surface area contributed by atoms with Gasteiger partial charge in [0, 0.05) is 25.2 Å². The first-order valence-corrected chi connectivity index (χ1v) is 9.75. The Hall–Kier alpha value is -4.20. The van der Waals surface area contributed by atoms with Crippen LogP contribution in [0.25, 0.3) is 10.9 Å². The maximum atomic E-state index is 12.5. The zero-order valence-corrected chi connectivity index (χ0v) is 16.6. The van der Waals surface area contributed by atoms with Crippen molar-refractivity contribution in [2.24, 2.45) is 0 Å². The Labute approximate surface area is 177 Å². The first kappa shape index (κ1) is 20.1. The SMILES string of the molecule is O=C(CCn1cnc2ccccc2c1=O)NCc1ccc(NC(=O)c2ccco2)cc1. The molecule has 0 saturated carbocycles. The Morgan fingerprint density at radius 1 is 1.00 bits per heavy atom. The van der Waals surface area contributed by atoms with Gasteiger partial charge in [-0.15, -0.1) is 0 Å². The van der Waals surface area contributed by atoms with E-state index < -0.39 is 0 Å². The highest BCUT2D eigenvalue weighted by Gasteiger charge is 2.09. The number of hydrogen-bond donors (Lipinski definition) is 2. The topological polar surface area (TPSA) is 106 Å². The summed E-state index contributed by atoms with van der Waals surface area (Å²) < 4.78 is 6.50. The van der Waals surface area contributed by atoms with Gasteiger partial charge in [-0.2, -0.15) is 0 Å². The zero-order valence-electron chi connectivity index (χ0n) is 16.6. The molecule has 2 aromatic heterocycles. The third kappa shape index (κ3) is 4.87. The monoisotopic (exact) mass is 416 g/mol. The lowest BCUT2D eigenvalue weighted by atomic mass is 10.2. The molecule has 31 heavy (non-hydrogen) atoms. The largest absolute Gasteiger partial charge is 0.459 e. The highest BCUT2D eigenvalue weighted by atomic mass is 16.3. The molecular formula is C23H20N4O4. The average molecular weight is 416 g/mol. The fourth-order valence-corrected chi connectivity index (χ4v) is 3.08. The minimum absolute atomic E-state index is 0.161. The number of furan rings is 1. The third-order valence-corrected chi connectivity index (χ3v) is 4.76. The van der Waals surface area contributed by atoms with E-state index in [9.17, 15) is 14.4 Å². The summed E-state index contributed by atoms with van der Waals surface area (Å²) in [6, 6.07) is 17.5. The summed E-state index contributed by atoms with van der Waals surface area (Å²) >= 11 is 0. The smallest absolute Gasteiger partial charge is 0.291 e. The van der Waals surface area contributed by atoms with Crippen LogP contribution in [0.15, 0.2) is 82.5 Å². The van der Waals surface area contributed by atoms with Crippen LogP contribution < -0.4 is 16.2 Å². The van der Waals surface area contributed by atoms with Crippen molar-refractivity contribution in [1.29, 1.82) is 0 Å². The van der Waals surface area contributed by atoms with E-state index in [2.05, 4.69) is 15.6 Å². The Morgan fingerprint density at radius 2 is 1.81 bits per heavy atom. The molecule has 0 saturated heterocycles. The normalized spacial score (nSPS) is 10.7. The molecule has 156 valence electrons. The number of amides is 2. The van der Waals surface area contributed by atoms with Gasteiger partial charge in [0.2, 0.25) is 5.91 Å². The highest BCUT2D eigenvalue weighted by molar-refractivity contribution is 6.02. The van der Waals surface area contributed by atoms with Gasteiger partial charge in [-0.3, -0.25) is 19.0 Å². The van der Waals surface area contributed by atoms with Crippen molar-refractivity contribution in [2.45, 2.75) is 19.5 Å². The summed E-state index contributed by atoms with van der Waals surface area (Å²) in [5, 5.41) is 6.10. The summed E-state index contributed by atoms with van der Waals surface area (Å²) in [7, 11) is 0. The first-order valence-electron chi connectivity index (χ1n) is 9.75. The van der Waals surface area contributed by atoms with Gasteiger partial charge >= 0.3 is 0 Å². The van der Waals surface area contributed by atoms with E-state index in [1.165, 1.54) is 17.2 Å². The molecule has 2 N–H and O–H groups in total. The van der Waals surface area contributed by atoms with Crippen LogP contribution >= 0.6 is 0 Å². The van der Waals surface area contributed by atoms with E-state index in [1.54, 1.807) is 42.5 Å². The number of anilines is 1. The van der Waals surface area contributed by atoms with Gasteiger partial charge in [-0.05, 0) is 42.0 Å². The number of nitrogens with zero attached hydrogens (tertiary/aromatic N) is 2. The number of fused-ring (bicyclic) bond motifs is 1. The van der Waals surface area contributed by atoms with Gasteiger partial charge in [0.25, 0.3) is 11.5 Å². The molecular weight excluding hydrogens is 396 g/mol. The maximum Gasteiger partial charge on any atom is 0.291 e. The molecule has 2 heterocycles. The van der Waals surface area contributed by atoms with Gasteiger partial charge in [0.15, 0.2) is 5.76 Å². The Balaban J connectivity index is 1.27. The van der Waals surface area contributed by atoms with Crippen LogP contribution in [0.1, 0.15) is 22.5 Å². The Morgan fingerprint density at radius 3 is 2.58 bits per heavy atom. The summed E-state index contributed by atoms with van der Waals surface area (Å²) in [6.45, 7) is 0.594. The molecule has 4 rings (SSSR count). The van der Waals surface area contributed by atoms with Crippen molar-refractivity contribution in [3.05, 3.63) is 94.9 Å². The number of carbonyl (C=O) groups is 2. The molecule has 2 aromatic carbocycles. The molecule has 0 aliphatic rings. The molecule has 4 aromatic rings. The predicted octanol–water partition coefficient (Wildman–Crippen LogP) is 2.95. The van der Waals surface area contributed by atoms with Crippen LogP contribution in [0.3, 0.4) is 0 Å². The quantitative estimate of drug-likeness (QED) is 0.482. The molecule has 0 aliphatic heterocycles. The molecule has 2 amide bonds. The van der Waals surface area contributed by atoms with Gasteiger partial charge in [0.1, 0.15) is 0 Å². The summed E-state index contributed by atoms with van der Waals surface area (Å²) in [6.07, 6.45) is 3.07. The van der Waals surface area contributed by atoms with Gasteiger partial charge in [-0.1, -0.05) is 24.3 Å². The van der Waals surface area contributed by atoms with Crippen LogP contribution in [0, 0.1) is 0 Å². The highest BCUT2D eigenvalue weighted by Crippen LogP contribution is 2.12. The summed E-state index contributed by atoms with van der Waals surface area (Å²) in [5.41, 5.74) is 1.98. The minimum atomic E-state index is -0.329. The number of benzene rings is 2. The molecule has 8 heteroatoms. The Kier molecular flexibility index (Phi) is 5.89. The van der Waals surface area contributed by atoms with Crippen molar-refractivity contribution >= 4 is 28.4 Å². The van der Waals surface area contributed by atoms with Crippen LogP contribution in [0.2, 0.25) is 0 Å². The van der Waals surface area contributed by atoms with Crippen molar-refractivity contribution in [2.75, 3.05) is 5.32 Å². The van der Waals surface area contributed by atoms with E-state index in [-0.39, 0.29) is 36.1 Å². The average Bonchev–Trinajstić information content (AvgIpc) is 3.34. The zero-order chi connectivity index (χ0) is 21.6. The fourth-order valence-electron chi connectivity index (χ4n) is 3.08. The van der Waals surface area contributed by atoms with Crippen molar-refractivity contribution in [3.63, 3.8) is 0 Å². The van der Waals surface area contributed by atoms with Crippen molar-refractivity contribution in [3.8, 4) is 0 Å². The van der Waals surface area contributed by atoms with Crippen LogP contribution in [0.4, 0.5) is 5.69 Å².